The highest BCUT2D eigenvalue weighted by Gasteiger charge is 2.63. The van der Waals surface area contributed by atoms with Crippen molar-refractivity contribution in [3.05, 3.63) is 47.7 Å². The lowest BCUT2D eigenvalue weighted by Gasteiger charge is -2.43. The third kappa shape index (κ3) is 3.64. The Bertz CT molecular complexity index is 902. The summed E-state index contributed by atoms with van der Waals surface area (Å²) in [7, 11) is 2.86. The van der Waals surface area contributed by atoms with Crippen LogP contribution in [0.3, 0.4) is 0 Å². The summed E-state index contributed by atoms with van der Waals surface area (Å²) in [5.74, 6) is -0.790. The first-order valence-electron chi connectivity index (χ1n) is 9.21. The number of ketones is 2. The van der Waals surface area contributed by atoms with Gasteiger partial charge in [0.05, 0.1) is 14.2 Å². The van der Waals surface area contributed by atoms with Crippen molar-refractivity contribution in [3.63, 3.8) is 0 Å². The van der Waals surface area contributed by atoms with E-state index in [2.05, 4.69) is 0 Å². The molecule has 29 heavy (non-hydrogen) atoms. The van der Waals surface area contributed by atoms with Crippen LogP contribution in [-0.2, 0) is 28.6 Å². The molecule has 0 bridgehead atoms. The lowest BCUT2D eigenvalue weighted by Crippen LogP contribution is -2.57. The second-order valence-corrected chi connectivity index (χ2v) is 7.90. The third-order valence-electron chi connectivity index (χ3n) is 4.79. The molecule has 7 heteroatoms. The summed E-state index contributed by atoms with van der Waals surface area (Å²) in [5, 5.41) is 0. The van der Waals surface area contributed by atoms with Crippen molar-refractivity contribution in [3.8, 4) is 5.75 Å². The van der Waals surface area contributed by atoms with Gasteiger partial charge in [0.2, 0.25) is 5.41 Å². The fraction of sp³-hybridized carbons (Fsp3) is 0.409. The fourth-order valence-corrected chi connectivity index (χ4v) is 3.46. The van der Waals surface area contributed by atoms with Crippen LogP contribution in [0.5, 0.6) is 5.75 Å². The minimum atomic E-state index is -1.86. The monoisotopic (exact) mass is 400 g/mol. The largest absolute Gasteiger partial charge is 0.499 e. The zero-order valence-corrected chi connectivity index (χ0v) is 17.1. The molecule has 1 aromatic carbocycles. The molecule has 0 saturated carbocycles. The van der Waals surface area contributed by atoms with E-state index in [1.165, 1.54) is 19.3 Å². The van der Waals surface area contributed by atoms with Gasteiger partial charge in [-0.15, -0.1) is 0 Å². The summed E-state index contributed by atoms with van der Waals surface area (Å²) >= 11 is 0. The zero-order chi connectivity index (χ0) is 21.4. The van der Waals surface area contributed by atoms with Gasteiger partial charge in [0.1, 0.15) is 29.0 Å². The van der Waals surface area contributed by atoms with Crippen LogP contribution in [0.15, 0.2) is 42.2 Å². The van der Waals surface area contributed by atoms with E-state index in [1.807, 2.05) is 0 Å². The molecule has 1 aromatic rings. The molecular weight excluding hydrogens is 376 g/mol. The Morgan fingerprint density at radius 1 is 1.07 bits per heavy atom. The van der Waals surface area contributed by atoms with Gasteiger partial charge in [0, 0.05) is 24.1 Å². The molecule has 0 radical (unpaired) electrons. The Balaban J connectivity index is 2.10. The van der Waals surface area contributed by atoms with Gasteiger partial charge in [0.15, 0.2) is 11.6 Å². The van der Waals surface area contributed by atoms with Gasteiger partial charge in [-0.1, -0.05) is 0 Å². The minimum absolute atomic E-state index is 0.0666. The molecule has 0 saturated heterocycles. The number of hydrogen-bond acceptors (Lipinski definition) is 7. The number of fused-ring (bicyclic) bond motifs is 1. The summed E-state index contributed by atoms with van der Waals surface area (Å²) < 4.78 is 22.0. The number of rotatable bonds is 4. The Labute approximate surface area is 169 Å². The van der Waals surface area contributed by atoms with Crippen molar-refractivity contribution in [1.29, 1.82) is 0 Å². The number of methoxy groups -OCH3 is 2. The fourth-order valence-electron chi connectivity index (χ4n) is 3.46. The van der Waals surface area contributed by atoms with Crippen LogP contribution in [-0.4, -0.2) is 43.5 Å². The SMILES string of the molecule is COC1=CC(=O)C[C@@H]2OC(c3ccc(OC)cc3)=CC(=O)[C@]12C(=O)OC(C)(C)C. The van der Waals surface area contributed by atoms with Crippen molar-refractivity contribution >= 4 is 23.3 Å². The highest BCUT2D eigenvalue weighted by molar-refractivity contribution is 6.17. The standard InChI is InChI=1S/C22H24O7/c1-21(2,3)29-20(25)22-17(24)12-16(13-6-8-15(26-4)9-7-13)28-19(22)11-14(23)10-18(22)27-5/h6-10,12,19H,11H2,1-5H3/t19-,22-/m0/s1. The van der Waals surface area contributed by atoms with E-state index < -0.39 is 28.9 Å². The molecule has 0 aromatic heterocycles. The van der Waals surface area contributed by atoms with Gasteiger partial charge in [-0.2, -0.15) is 0 Å². The number of benzene rings is 1. The van der Waals surface area contributed by atoms with Crippen LogP contribution in [0, 0.1) is 5.41 Å². The molecule has 0 fully saturated rings. The van der Waals surface area contributed by atoms with Crippen molar-refractivity contribution in [2.24, 2.45) is 5.41 Å². The molecule has 2 atom stereocenters. The predicted molar refractivity (Wildman–Crippen MR) is 104 cm³/mol. The summed E-state index contributed by atoms with van der Waals surface area (Å²) in [4.78, 5) is 38.8. The maximum atomic E-state index is 13.3. The normalized spacial score (nSPS) is 24.0. The van der Waals surface area contributed by atoms with E-state index in [1.54, 1.807) is 52.1 Å². The molecule has 2 aliphatic rings. The van der Waals surface area contributed by atoms with E-state index in [4.69, 9.17) is 18.9 Å². The minimum Gasteiger partial charge on any atom is -0.499 e. The summed E-state index contributed by atoms with van der Waals surface area (Å²) in [6.45, 7) is 5.11. The van der Waals surface area contributed by atoms with Crippen LogP contribution in [0.2, 0.25) is 0 Å². The molecule has 3 rings (SSSR count). The number of esters is 1. The van der Waals surface area contributed by atoms with Gasteiger partial charge >= 0.3 is 5.97 Å². The van der Waals surface area contributed by atoms with E-state index in [9.17, 15) is 14.4 Å². The molecule has 0 amide bonds. The van der Waals surface area contributed by atoms with Gasteiger partial charge in [-0.05, 0) is 45.0 Å². The molecular formula is C22H24O7. The van der Waals surface area contributed by atoms with E-state index in [0.717, 1.165) is 0 Å². The van der Waals surface area contributed by atoms with E-state index >= 15 is 0 Å². The molecule has 1 aliphatic heterocycles. The first-order chi connectivity index (χ1) is 13.6. The first-order valence-corrected chi connectivity index (χ1v) is 9.21. The summed E-state index contributed by atoms with van der Waals surface area (Å²) in [5.41, 5.74) is -2.07. The molecule has 1 heterocycles. The van der Waals surface area contributed by atoms with Gasteiger partial charge in [0.25, 0.3) is 0 Å². The number of hydrogen-bond donors (Lipinski definition) is 0. The quantitative estimate of drug-likeness (QED) is 0.567. The zero-order valence-electron chi connectivity index (χ0n) is 17.1. The summed E-state index contributed by atoms with van der Waals surface area (Å²) in [6.07, 6.45) is 1.21. The topological polar surface area (TPSA) is 88.1 Å². The second-order valence-electron chi connectivity index (χ2n) is 7.90. The van der Waals surface area contributed by atoms with Crippen LogP contribution >= 0.6 is 0 Å². The maximum Gasteiger partial charge on any atom is 0.332 e. The highest BCUT2D eigenvalue weighted by atomic mass is 16.6. The first kappa shape index (κ1) is 20.6. The summed E-state index contributed by atoms with van der Waals surface area (Å²) in [6, 6.07) is 6.92. The number of allylic oxidation sites excluding steroid dienone is 2. The van der Waals surface area contributed by atoms with Crippen LogP contribution in [0.4, 0.5) is 0 Å². The lowest BCUT2D eigenvalue weighted by molar-refractivity contribution is -0.178. The Morgan fingerprint density at radius 2 is 1.72 bits per heavy atom. The molecule has 0 unspecified atom stereocenters. The Morgan fingerprint density at radius 3 is 2.28 bits per heavy atom. The van der Waals surface area contributed by atoms with E-state index in [-0.39, 0.29) is 23.7 Å². The average molecular weight is 400 g/mol. The van der Waals surface area contributed by atoms with Crippen molar-refractivity contribution in [2.45, 2.75) is 38.9 Å². The number of ether oxygens (including phenoxy) is 4. The van der Waals surface area contributed by atoms with Crippen LogP contribution in [0.1, 0.15) is 32.8 Å². The maximum absolute atomic E-state index is 13.3. The number of carbonyl (C=O) groups is 3. The molecule has 1 aliphatic carbocycles. The van der Waals surface area contributed by atoms with Gasteiger partial charge in [-0.3, -0.25) is 14.4 Å². The van der Waals surface area contributed by atoms with Gasteiger partial charge < -0.3 is 18.9 Å². The molecule has 154 valence electrons. The second kappa shape index (κ2) is 7.39. The van der Waals surface area contributed by atoms with Crippen LogP contribution < -0.4 is 4.74 Å². The molecule has 0 N–H and O–H groups in total. The smallest absolute Gasteiger partial charge is 0.332 e. The number of carbonyl (C=O) groups excluding carboxylic acids is 3. The van der Waals surface area contributed by atoms with Crippen LogP contribution in [0.25, 0.3) is 5.76 Å². The van der Waals surface area contributed by atoms with Crippen molar-refractivity contribution in [1.82, 2.24) is 0 Å². The molecule has 7 nitrogen and oxygen atoms in total. The predicted octanol–water partition coefficient (Wildman–Crippen LogP) is 2.84. The molecule has 0 spiro atoms. The highest BCUT2D eigenvalue weighted by Crippen LogP contribution is 2.47. The third-order valence-corrected chi connectivity index (χ3v) is 4.79. The average Bonchev–Trinajstić information content (AvgIpc) is 2.65. The van der Waals surface area contributed by atoms with Crippen molar-refractivity contribution < 1.29 is 33.3 Å². The van der Waals surface area contributed by atoms with Gasteiger partial charge in [-0.25, -0.2) is 0 Å². The Kier molecular flexibility index (Phi) is 5.26. The van der Waals surface area contributed by atoms with E-state index in [0.29, 0.717) is 11.3 Å². The Hall–Kier alpha value is -3.09. The van der Waals surface area contributed by atoms with Crippen molar-refractivity contribution in [2.75, 3.05) is 14.2 Å². The lowest BCUT2D eigenvalue weighted by atomic mass is 9.69.